The molecule has 1 atom stereocenters. The van der Waals surface area contributed by atoms with E-state index in [1.807, 2.05) is 0 Å². The number of benzene rings is 1. The van der Waals surface area contributed by atoms with Crippen LogP contribution < -0.4 is 10.5 Å². The molecule has 0 bridgehead atoms. The quantitative estimate of drug-likeness (QED) is 0.894. The molecule has 1 aromatic rings. The first-order valence-electron chi connectivity index (χ1n) is 7.87. The molecule has 20 heavy (non-hydrogen) atoms. The van der Waals surface area contributed by atoms with Gasteiger partial charge >= 0.3 is 0 Å². The molecule has 2 heteroatoms. The van der Waals surface area contributed by atoms with Crippen molar-refractivity contribution < 1.29 is 4.74 Å². The van der Waals surface area contributed by atoms with Crippen molar-refractivity contribution in [3.8, 4) is 5.75 Å². The Balaban J connectivity index is 2.05. The third-order valence-corrected chi connectivity index (χ3v) is 4.38. The molecule has 0 spiro atoms. The van der Waals surface area contributed by atoms with Gasteiger partial charge in [-0.2, -0.15) is 0 Å². The van der Waals surface area contributed by atoms with Gasteiger partial charge in [0.2, 0.25) is 0 Å². The highest BCUT2D eigenvalue weighted by atomic mass is 16.5. The Hall–Kier alpha value is -1.02. The average Bonchev–Trinajstić information content (AvgIpc) is 2.89. The molecule has 2 nitrogen and oxygen atoms in total. The van der Waals surface area contributed by atoms with E-state index in [1.54, 1.807) is 0 Å². The van der Waals surface area contributed by atoms with Gasteiger partial charge in [-0.05, 0) is 42.7 Å². The van der Waals surface area contributed by atoms with E-state index in [0.29, 0.717) is 12.5 Å². The van der Waals surface area contributed by atoms with Gasteiger partial charge in [0.05, 0.1) is 0 Å². The van der Waals surface area contributed by atoms with Crippen LogP contribution in [-0.4, -0.2) is 12.6 Å². The molecule has 1 aliphatic carbocycles. The van der Waals surface area contributed by atoms with Crippen molar-refractivity contribution in [2.24, 2.45) is 11.7 Å². The van der Waals surface area contributed by atoms with Crippen molar-refractivity contribution in [3.05, 3.63) is 29.3 Å². The second kappa shape index (κ2) is 6.17. The van der Waals surface area contributed by atoms with Gasteiger partial charge in [0.15, 0.2) is 0 Å². The van der Waals surface area contributed by atoms with Crippen LogP contribution in [0.15, 0.2) is 18.2 Å². The molecule has 112 valence electrons. The van der Waals surface area contributed by atoms with E-state index in [0.717, 1.165) is 5.75 Å². The summed E-state index contributed by atoms with van der Waals surface area (Å²) in [6.07, 6.45) is 5.20. The molecule has 0 aliphatic heterocycles. The monoisotopic (exact) mass is 275 g/mol. The molecule has 0 aromatic heterocycles. The predicted molar refractivity (Wildman–Crippen MR) is 85.3 cm³/mol. The maximum atomic E-state index is 6.29. The molecule has 0 amide bonds. The fourth-order valence-corrected chi connectivity index (χ4v) is 3.06. The summed E-state index contributed by atoms with van der Waals surface area (Å²) in [6, 6.07) is 6.62. The molecule has 0 radical (unpaired) electrons. The van der Waals surface area contributed by atoms with Crippen LogP contribution in [0.3, 0.4) is 0 Å². The number of ether oxygens (including phenoxy) is 1. The molecule has 1 aromatic carbocycles. The number of nitrogens with two attached hydrogens (primary N) is 1. The Labute approximate surface area is 123 Å². The zero-order chi connectivity index (χ0) is 14.8. The van der Waals surface area contributed by atoms with Crippen LogP contribution in [0, 0.1) is 12.8 Å². The first kappa shape index (κ1) is 15.4. The molecule has 1 saturated carbocycles. The summed E-state index contributed by atoms with van der Waals surface area (Å²) >= 11 is 0. The van der Waals surface area contributed by atoms with Crippen molar-refractivity contribution in [1.82, 2.24) is 0 Å². The smallest absolute Gasteiger partial charge is 0.123 e. The normalized spacial score (nSPS) is 18.2. The Morgan fingerprint density at radius 1 is 1.25 bits per heavy atom. The minimum atomic E-state index is 0.0960. The summed E-state index contributed by atoms with van der Waals surface area (Å²) in [6.45, 7) is 9.45. The molecular weight excluding hydrogens is 246 g/mol. The van der Waals surface area contributed by atoms with Crippen LogP contribution >= 0.6 is 0 Å². The molecule has 1 aliphatic rings. The number of rotatable bonds is 4. The third kappa shape index (κ3) is 3.76. The van der Waals surface area contributed by atoms with Gasteiger partial charge in [-0.1, -0.05) is 51.3 Å². The summed E-state index contributed by atoms with van der Waals surface area (Å²) in [4.78, 5) is 0. The predicted octanol–water partition coefficient (Wildman–Crippen LogP) is 4.19. The summed E-state index contributed by atoms with van der Waals surface area (Å²) in [5.74, 6) is 1.65. The van der Waals surface area contributed by atoms with Gasteiger partial charge < -0.3 is 10.5 Å². The lowest BCUT2D eigenvalue weighted by molar-refractivity contribution is 0.242. The van der Waals surface area contributed by atoms with E-state index in [9.17, 15) is 0 Å². The third-order valence-electron chi connectivity index (χ3n) is 4.38. The Bertz CT molecular complexity index is 441. The van der Waals surface area contributed by atoms with Crippen LogP contribution in [0.25, 0.3) is 0 Å². The zero-order valence-corrected chi connectivity index (χ0v) is 13.4. The fraction of sp³-hybridized carbons (Fsp3) is 0.667. The van der Waals surface area contributed by atoms with E-state index in [2.05, 4.69) is 45.9 Å². The van der Waals surface area contributed by atoms with Crippen molar-refractivity contribution in [2.45, 2.75) is 64.8 Å². The van der Waals surface area contributed by atoms with Gasteiger partial charge in [0.25, 0.3) is 0 Å². The minimum Gasteiger partial charge on any atom is -0.492 e. The number of hydrogen-bond acceptors (Lipinski definition) is 2. The van der Waals surface area contributed by atoms with Crippen molar-refractivity contribution in [3.63, 3.8) is 0 Å². The maximum absolute atomic E-state index is 6.29. The summed E-state index contributed by atoms with van der Waals surface area (Å²) in [5.41, 5.74) is 8.94. The lowest BCUT2D eigenvalue weighted by atomic mass is 9.85. The molecule has 2 N–H and O–H groups in total. The van der Waals surface area contributed by atoms with Crippen LogP contribution in [0.4, 0.5) is 0 Å². The number of aryl methyl sites for hydroxylation is 1. The lowest BCUT2D eigenvalue weighted by Gasteiger charge is -2.25. The number of hydrogen-bond donors (Lipinski definition) is 1. The van der Waals surface area contributed by atoms with E-state index in [1.165, 1.54) is 36.8 Å². The topological polar surface area (TPSA) is 35.2 Å². The van der Waals surface area contributed by atoms with Crippen LogP contribution in [-0.2, 0) is 5.41 Å². The van der Waals surface area contributed by atoms with Crippen LogP contribution in [0.1, 0.15) is 57.6 Å². The Morgan fingerprint density at radius 2 is 1.90 bits per heavy atom. The Kier molecular flexibility index (Phi) is 4.74. The van der Waals surface area contributed by atoms with Gasteiger partial charge in [-0.3, -0.25) is 0 Å². The summed E-state index contributed by atoms with van der Waals surface area (Å²) in [7, 11) is 0. The minimum absolute atomic E-state index is 0.0960. The first-order chi connectivity index (χ1) is 9.38. The highest BCUT2D eigenvalue weighted by Crippen LogP contribution is 2.33. The second-order valence-corrected chi connectivity index (χ2v) is 7.27. The van der Waals surface area contributed by atoms with Crippen LogP contribution in [0.2, 0.25) is 0 Å². The van der Waals surface area contributed by atoms with E-state index in [-0.39, 0.29) is 11.5 Å². The molecule has 1 fully saturated rings. The molecular formula is C18H29NO. The Morgan fingerprint density at radius 3 is 2.50 bits per heavy atom. The molecule has 0 saturated heterocycles. The van der Waals surface area contributed by atoms with Gasteiger partial charge in [0, 0.05) is 6.04 Å². The summed E-state index contributed by atoms with van der Waals surface area (Å²) in [5, 5.41) is 0. The highest BCUT2D eigenvalue weighted by Gasteiger charge is 2.24. The zero-order valence-electron chi connectivity index (χ0n) is 13.4. The van der Waals surface area contributed by atoms with Gasteiger partial charge in [0.1, 0.15) is 12.4 Å². The molecule has 0 heterocycles. The highest BCUT2D eigenvalue weighted by molar-refractivity contribution is 5.41. The fourth-order valence-electron chi connectivity index (χ4n) is 3.06. The summed E-state index contributed by atoms with van der Waals surface area (Å²) < 4.78 is 6.07. The van der Waals surface area contributed by atoms with E-state index < -0.39 is 0 Å². The van der Waals surface area contributed by atoms with Crippen molar-refractivity contribution in [1.29, 1.82) is 0 Å². The first-order valence-corrected chi connectivity index (χ1v) is 7.87. The van der Waals surface area contributed by atoms with Gasteiger partial charge in [-0.15, -0.1) is 0 Å². The van der Waals surface area contributed by atoms with Crippen LogP contribution in [0.5, 0.6) is 5.75 Å². The maximum Gasteiger partial charge on any atom is 0.123 e. The SMILES string of the molecule is Cc1ccc(OCC(N)C2CCCC2)c(C(C)(C)C)c1. The van der Waals surface area contributed by atoms with E-state index >= 15 is 0 Å². The van der Waals surface area contributed by atoms with Gasteiger partial charge in [-0.25, -0.2) is 0 Å². The molecule has 1 unspecified atom stereocenters. The van der Waals surface area contributed by atoms with Crippen molar-refractivity contribution in [2.75, 3.05) is 6.61 Å². The van der Waals surface area contributed by atoms with E-state index in [4.69, 9.17) is 10.5 Å². The average molecular weight is 275 g/mol. The largest absolute Gasteiger partial charge is 0.492 e. The lowest BCUT2D eigenvalue weighted by Crippen LogP contribution is -2.35. The molecule has 2 rings (SSSR count). The van der Waals surface area contributed by atoms with Crippen molar-refractivity contribution >= 4 is 0 Å². The standard InChI is InChI=1S/C18H29NO/c1-13-9-10-17(15(11-13)18(2,3)4)20-12-16(19)14-7-5-6-8-14/h9-11,14,16H,5-8,12,19H2,1-4H3. The second-order valence-electron chi connectivity index (χ2n) is 7.27.